The van der Waals surface area contributed by atoms with Gasteiger partial charge < -0.3 is 19.5 Å². The van der Waals surface area contributed by atoms with Crippen molar-refractivity contribution in [1.82, 2.24) is 5.32 Å². The van der Waals surface area contributed by atoms with Gasteiger partial charge in [-0.3, -0.25) is 0 Å². The second kappa shape index (κ2) is 9.46. The number of methoxy groups -OCH3 is 1. The first-order chi connectivity index (χ1) is 13.2. The summed E-state index contributed by atoms with van der Waals surface area (Å²) in [5, 5.41) is 3.07. The molecule has 28 heavy (non-hydrogen) atoms. The van der Waals surface area contributed by atoms with E-state index in [1.807, 2.05) is 18.2 Å². The van der Waals surface area contributed by atoms with Crippen LogP contribution in [0.1, 0.15) is 31.1 Å². The highest BCUT2D eigenvalue weighted by molar-refractivity contribution is 6.32. The second-order valence-electron chi connectivity index (χ2n) is 6.99. The van der Waals surface area contributed by atoms with Gasteiger partial charge in [-0.05, 0) is 56.2 Å². The molecule has 6 nitrogen and oxygen atoms in total. The van der Waals surface area contributed by atoms with Crippen LogP contribution in [-0.2, 0) is 9.47 Å². The van der Waals surface area contributed by atoms with Gasteiger partial charge in [-0.15, -0.1) is 0 Å². The highest BCUT2D eigenvalue weighted by Gasteiger charge is 2.15. The molecule has 0 unspecified atom stereocenters. The van der Waals surface area contributed by atoms with Crippen molar-refractivity contribution in [3.8, 4) is 16.9 Å². The first kappa shape index (κ1) is 21.6. The minimum atomic E-state index is -0.543. The maximum Gasteiger partial charge on any atom is 0.407 e. The summed E-state index contributed by atoms with van der Waals surface area (Å²) in [6.45, 7) is 5.95. The number of rotatable bonds is 6. The van der Waals surface area contributed by atoms with Crippen LogP contribution in [0.2, 0.25) is 5.02 Å². The van der Waals surface area contributed by atoms with Crippen molar-refractivity contribution in [3.63, 3.8) is 0 Å². The monoisotopic (exact) mass is 405 g/mol. The number of ether oxygens (including phenoxy) is 3. The topological polar surface area (TPSA) is 73.9 Å². The summed E-state index contributed by atoms with van der Waals surface area (Å²) in [5.74, 6) is 0.135. The molecule has 0 spiro atoms. The van der Waals surface area contributed by atoms with E-state index in [0.717, 1.165) is 11.1 Å². The average Bonchev–Trinajstić information content (AvgIpc) is 2.64. The van der Waals surface area contributed by atoms with Crippen LogP contribution in [0, 0.1) is 0 Å². The van der Waals surface area contributed by atoms with Crippen LogP contribution in [-0.4, -0.2) is 37.9 Å². The molecule has 0 heterocycles. The summed E-state index contributed by atoms with van der Waals surface area (Å²) in [6.07, 6.45) is -0.493. The molecule has 0 aliphatic heterocycles. The number of hydrogen-bond donors (Lipinski definition) is 1. The van der Waals surface area contributed by atoms with E-state index in [-0.39, 0.29) is 12.6 Å². The third-order valence-corrected chi connectivity index (χ3v) is 3.89. The van der Waals surface area contributed by atoms with Crippen molar-refractivity contribution in [3.05, 3.63) is 53.1 Å². The summed E-state index contributed by atoms with van der Waals surface area (Å²) in [4.78, 5) is 23.1. The Morgan fingerprint density at radius 3 is 2.25 bits per heavy atom. The number of nitrogens with one attached hydrogen (secondary N) is 1. The van der Waals surface area contributed by atoms with Crippen molar-refractivity contribution in [2.75, 3.05) is 20.3 Å². The lowest BCUT2D eigenvalue weighted by molar-refractivity contribution is 0.0519. The van der Waals surface area contributed by atoms with Gasteiger partial charge in [-0.2, -0.15) is 0 Å². The van der Waals surface area contributed by atoms with Crippen molar-refractivity contribution < 1.29 is 23.8 Å². The number of amides is 1. The number of esters is 1. The number of carbonyl (C=O) groups excluding carboxylic acids is 2. The maximum atomic E-state index is 11.6. The predicted molar refractivity (Wildman–Crippen MR) is 108 cm³/mol. The van der Waals surface area contributed by atoms with Gasteiger partial charge in [0.1, 0.15) is 18.0 Å². The first-order valence-corrected chi connectivity index (χ1v) is 9.15. The normalized spacial score (nSPS) is 10.9. The molecule has 0 bridgehead atoms. The van der Waals surface area contributed by atoms with E-state index in [1.165, 1.54) is 7.11 Å². The average molecular weight is 406 g/mol. The molecule has 2 aromatic carbocycles. The molecular formula is C21H24ClNO5. The van der Waals surface area contributed by atoms with Crippen LogP contribution in [0.4, 0.5) is 4.79 Å². The maximum absolute atomic E-state index is 11.6. The molecule has 0 aliphatic rings. The largest absolute Gasteiger partial charge is 0.490 e. The van der Waals surface area contributed by atoms with Crippen LogP contribution in [0.15, 0.2) is 42.5 Å². The lowest BCUT2D eigenvalue weighted by Crippen LogP contribution is -2.34. The molecule has 2 rings (SSSR count). The fourth-order valence-corrected chi connectivity index (χ4v) is 2.58. The molecule has 1 amide bonds. The molecule has 0 radical (unpaired) electrons. The fraction of sp³-hybridized carbons (Fsp3) is 0.333. The van der Waals surface area contributed by atoms with E-state index in [4.69, 9.17) is 25.8 Å². The molecule has 0 atom stereocenters. The van der Waals surface area contributed by atoms with Crippen molar-refractivity contribution in [2.24, 2.45) is 0 Å². The van der Waals surface area contributed by atoms with Crippen LogP contribution in [0.3, 0.4) is 0 Å². The van der Waals surface area contributed by atoms with Gasteiger partial charge in [0, 0.05) is 0 Å². The van der Waals surface area contributed by atoms with E-state index >= 15 is 0 Å². The number of benzene rings is 2. The first-order valence-electron chi connectivity index (χ1n) is 8.77. The van der Waals surface area contributed by atoms with Gasteiger partial charge >= 0.3 is 12.1 Å². The third-order valence-electron chi connectivity index (χ3n) is 3.60. The minimum absolute atomic E-state index is 0.256. The number of alkyl carbamates (subject to hydrolysis) is 1. The van der Waals surface area contributed by atoms with Crippen LogP contribution in [0.5, 0.6) is 5.75 Å². The van der Waals surface area contributed by atoms with Gasteiger partial charge in [0.25, 0.3) is 0 Å². The minimum Gasteiger partial charge on any atom is -0.490 e. The van der Waals surface area contributed by atoms with Gasteiger partial charge in [-0.1, -0.05) is 29.8 Å². The molecule has 1 N–H and O–H groups in total. The lowest BCUT2D eigenvalue weighted by Gasteiger charge is -2.19. The summed E-state index contributed by atoms with van der Waals surface area (Å²) in [5.41, 5.74) is 1.74. The molecule has 0 saturated carbocycles. The Kier molecular flexibility index (Phi) is 7.29. The molecule has 7 heteroatoms. The highest BCUT2D eigenvalue weighted by atomic mass is 35.5. The summed E-state index contributed by atoms with van der Waals surface area (Å²) < 4.78 is 15.4. The van der Waals surface area contributed by atoms with Gasteiger partial charge in [0.15, 0.2) is 0 Å². The molecule has 0 aliphatic carbocycles. The zero-order valence-electron chi connectivity index (χ0n) is 16.4. The molecule has 0 aromatic heterocycles. The Labute approximate surface area is 169 Å². The van der Waals surface area contributed by atoms with Crippen molar-refractivity contribution >= 4 is 23.7 Å². The van der Waals surface area contributed by atoms with Gasteiger partial charge in [0.05, 0.1) is 24.2 Å². The summed E-state index contributed by atoms with van der Waals surface area (Å²) in [7, 11) is 1.35. The van der Waals surface area contributed by atoms with E-state index in [2.05, 4.69) is 5.32 Å². The lowest BCUT2D eigenvalue weighted by atomic mass is 10.0. The van der Waals surface area contributed by atoms with E-state index in [9.17, 15) is 9.59 Å². The third kappa shape index (κ3) is 6.46. The second-order valence-corrected chi connectivity index (χ2v) is 7.40. The summed E-state index contributed by atoms with van der Waals surface area (Å²) in [6, 6.07) is 12.5. The fourth-order valence-electron chi connectivity index (χ4n) is 2.34. The van der Waals surface area contributed by atoms with E-state index in [0.29, 0.717) is 22.9 Å². The Morgan fingerprint density at radius 2 is 1.68 bits per heavy atom. The van der Waals surface area contributed by atoms with E-state index < -0.39 is 11.7 Å². The van der Waals surface area contributed by atoms with Crippen molar-refractivity contribution in [2.45, 2.75) is 26.4 Å². The number of hydrogen-bond acceptors (Lipinski definition) is 5. The van der Waals surface area contributed by atoms with E-state index in [1.54, 1.807) is 45.0 Å². The Bertz CT molecular complexity index is 828. The molecule has 150 valence electrons. The number of halogens is 1. The Hall–Kier alpha value is -2.73. The Morgan fingerprint density at radius 1 is 1.04 bits per heavy atom. The Balaban J connectivity index is 1.91. The molecular weight excluding hydrogens is 382 g/mol. The smallest absolute Gasteiger partial charge is 0.407 e. The number of carbonyl (C=O) groups is 2. The van der Waals surface area contributed by atoms with Crippen LogP contribution < -0.4 is 10.1 Å². The zero-order chi connectivity index (χ0) is 20.7. The predicted octanol–water partition coefficient (Wildman–Crippen LogP) is 4.70. The molecule has 0 saturated heterocycles. The van der Waals surface area contributed by atoms with Crippen LogP contribution >= 0.6 is 11.6 Å². The highest BCUT2D eigenvalue weighted by Crippen LogP contribution is 2.30. The zero-order valence-corrected chi connectivity index (χ0v) is 17.1. The van der Waals surface area contributed by atoms with Crippen molar-refractivity contribution in [1.29, 1.82) is 0 Å². The standard InChI is InChI=1S/C21H24ClNO5/c1-21(2,3)28-20(25)23-11-12-27-18-10-9-16(13-17(18)22)14-5-7-15(8-6-14)19(24)26-4/h5-10,13H,11-12H2,1-4H3,(H,23,25). The SMILES string of the molecule is COC(=O)c1ccc(-c2ccc(OCCNC(=O)OC(C)(C)C)c(Cl)c2)cc1. The van der Waals surface area contributed by atoms with Crippen LogP contribution in [0.25, 0.3) is 11.1 Å². The van der Waals surface area contributed by atoms with Gasteiger partial charge in [0.2, 0.25) is 0 Å². The quantitative estimate of drug-likeness (QED) is 0.557. The van der Waals surface area contributed by atoms with Gasteiger partial charge in [-0.25, -0.2) is 9.59 Å². The molecule has 0 fully saturated rings. The molecule has 2 aromatic rings. The summed E-state index contributed by atoms with van der Waals surface area (Å²) >= 11 is 6.30.